The Morgan fingerprint density at radius 1 is 1.26 bits per heavy atom. The van der Waals surface area contributed by atoms with Crippen LogP contribution in [0.5, 0.6) is 0 Å². The van der Waals surface area contributed by atoms with Crippen molar-refractivity contribution < 1.29 is 31.7 Å². The van der Waals surface area contributed by atoms with Crippen molar-refractivity contribution in [2.24, 2.45) is 0 Å². The highest BCUT2D eigenvalue weighted by Gasteiger charge is 2.36. The summed E-state index contributed by atoms with van der Waals surface area (Å²) in [5.41, 5.74) is 0. The topological polar surface area (TPSA) is 111 Å². The average Bonchev–Trinajstić information content (AvgIpc) is 3.02. The van der Waals surface area contributed by atoms with Crippen LogP contribution in [-0.4, -0.2) is 81.7 Å². The quantitative estimate of drug-likeness (QED) is 0.302. The fourth-order valence-corrected chi connectivity index (χ4v) is 4.04. The van der Waals surface area contributed by atoms with Gasteiger partial charge in [-0.25, -0.2) is 9.59 Å². The molecule has 9 nitrogen and oxygen atoms in total. The number of nitrogens with zero attached hydrogens (tertiary/aromatic N) is 1. The molecule has 0 bridgehead atoms. The lowest BCUT2D eigenvalue weighted by Crippen LogP contribution is -2.43. The van der Waals surface area contributed by atoms with E-state index >= 15 is 0 Å². The number of carbonyl (C=O) groups is 2. The van der Waals surface area contributed by atoms with E-state index in [1.807, 2.05) is 0 Å². The van der Waals surface area contributed by atoms with E-state index in [-0.39, 0.29) is 37.7 Å². The monoisotopic (exact) mass is 422 g/mol. The van der Waals surface area contributed by atoms with Gasteiger partial charge in [-0.05, 0) is 6.42 Å². The lowest BCUT2D eigenvalue weighted by Gasteiger charge is -2.23. The second-order valence-electron chi connectivity index (χ2n) is 5.69. The van der Waals surface area contributed by atoms with Crippen LogP contribution >= 0.6 is 11.8 Å². The predicted molar refractivity (Wildman–Crippen MR) is 103 cm³/mol. The van der Waals surface area contributed by atoms with Crippen LogP contribution in [0.1, 0.15) is 6.42 Å². The van der Waals surface area contributed by atoms with E-state index < -0.39 is 22.3 Å². The summed E-state index contributed by atoms with van der Waals surface area (Å²) in [6.07, 6.45) is 3.47. The number of nitrogens with one attached hydrogen (secondary N) is 1. The van der Waals surface area contributed by atoms with Crippen LogP contribution in [0.3, 0.4) is 0 Å². The second-order valence-corrected chi connectivity index (χ2v) is 8.75. The zero-order valence-electron chi connectivity index (χ0n) is 15.3. The molecule has 2 amide bonds. The highest BCUT2D eigenvalue weighted by atomic mass is 32.2. The summed E-state index contributed by atoms with van der Waals surface area (Å²) in [6.45, 7) is 7.87. The Morgan fingerprint density at radius 3 is 2.56 bits per heavy atom. The van der Waals surface area contributed by atoms with Gasteiger partial charge >= 0.3 is 12.2 Å². The Morgan fingerprint density at radius 2 is 1.93 bits per heavy atom. The molecule has 0 radical (unpaired) electrons. The number of amides is 2. The highest BCUT2D eigenvalue weighted by molar-refractivity contribution is 8.00. The van der Waals surface area contributed by atoms with Gasteiger partial charge in [0.1, 0.15) is 13.2 Å². The number of thioether (sulfide) groups is 1. The molecule has 1 fully saturated rings. The van der Waals surface area contributed by atoms with Crippen molar-refractivity contribution in [3.8, 4) is 0 Å². The minimum absolute atomic E-state index is 0.0672. The van der Waals surface area contributed by atoms with Gasteiger partial charge in [-0.3, -0.25) is 4.18 Å². The zero-order chi connectivity index (χ0) is 20.3. The highest BCUT2D eigenvalue weighted by Crippen LogP contribution is 2.28. The molecule has 0 aromatic heterocycles. The molecule has 2 atom stereocenters. The van der Waals surface area contributed by atoms with Gasteiger partial charge in [0.15, 0.2) is 0 Å². The van der Waals surface area contributed by atoms with Crippen LogP contribution < -0.4 is 5.32 Å². The summed E-state index contributed by atoms with van der Waals surface area (Å²) in [5, 5.41) is 2.69. The van der Waals surface area contributed by atoms with E-state index in [1.165, 1.54) is 23.9 Å². The molecule has 0 aromatic carbocycles. The van der Waals surface area contributed by atoms with Crippen molar-refractivity contribution in [2.45, 2.75) is 17.7 Å². The fourth-order valence-electron chi connectivity index (χ4n) is 2.41. The first-order valence-corrected chi connectivity index (χ1v) is 11.1. The molecule has 1 saturated heterocycles. The maximum atomic E-state index is 12.2. The minimum Gasteiger partial charge on any atom is -0.445 e. The van der Waals surface area contributed by atoms with Gasteiger partial charge in [-0.2, -0.15) is 20.2 Å². The van der Waals surface area contributed by atoms with E-state index in [2.05, 4.69) is 18.5 Å². The van der Waals surface area contributed by atoms with E-state index in [4.69, 9.17) is 13.7 Å². The molecule has 1 heterocycles. The summed E-state index contributed by atoms with van der Waals surface area (Å²) < 4.78 is 36.6. The van der Waals surface area contributed by atoms with Crippen molar-refractivity contribution >= 4 is 34.1 Å². The lowest BCUT2D eigenvalue weighted by molar-refractivity contribution is 0.106. The van der Waals surface area contributed by atoms with Crippen LogP contribution in [0.4, 0.5) is 9.59 Å². The first-order chi connectivity index (χ1) is 12.8. The number of ether oxygens (including phenoxy) is 2. The van der Waals surface area contributed by atoms with Crippen LogP contribution in [-0.2, 0) is 23.8 Å². The molecule has 0 aromatic rings. The summed E-state index contributed by atoms with van der Waals surface area (Å²) in [5.74, 6) is 0.467. The summed E-state index contributed by atoms with van der Waals surface area (Å²) >= 11 is 1.51. The van der Waals surface area contributed by atoms with Gasteiger partial charge in [-0.1, -0.05) is 25.3 Å². The number of alkyl carbamates (subject to hydrolysis) is 1. The Kier molecular flexibility index (Phi) is 10.3. The number of rotatable bonds is 11. The van der Waals surface area contributed by atoms with Gasteiger partial charge in [0.25, 0.3) is 10.1 Å². The largest absolute Gasteiger partial charge is 0.445 e. The van der Waals surface area contributed by atoms with E-state index in [0.29, 0.717) is 18.7 Å². The summed E-state index contributed by atoms with van der Waals surface area (Å²) in [4.78, 5) is 25.4. The standard InChI is InChI=1S/C16H26N2O7S2/c1-4-6-23-15(19)17-11-13-10-14(26-9-8-25-27(3,21)22)12-18(13)16(20)24-7-5-2/h4-5,13-14H,1-2,6-12H2,3H3,(H,17,19). The first-order valence-electron chi connectivity index (χ1n) is 8.28. The number of hydrogen-bond acceptors (Lipinski definition) is 8. The van der Waals surface area contributed by atoms with Crippen molar-refractivity contribution in [3.63, 3.8) is 0 Å². The van der Waals surface area contributed by atoms with Crippen LogP contribution in [0.25, 0.3) is 0 Å². The van der Waals surface area contributed by atoms with Crippen molar-refractivity contribution in [2.75, 3.05) is 44.9 Å². The third kappa shape index (κ3) is 9.68. The van der Waals surface area contributed by atoms with Gasteiger partial charge in [-0.15, -0.1) is 0 Å². The summed E-state index contributed by atoms with van der Waals surface area (Å²) in [6, 6.07) is -0.257. The molecule has 1 aliphatic rings. The van der Waals surface area contributed by atoms with Crippen LogP contribution in [0, 0.1) is 0 Å². The molecule has 11 heteroatoms. The SMILES string of the molecule is C=CCOC(=O)NCC1CC(SCCOS(C)(=O)=O)CN1C(=O)OCC=C. The maximum absolute atomic E-state index is 12.2. The van der Waals surface area contributed by atoms with Gasteiger partial charge in [0, 0.05) is 24.1 Å². The second kappa shape index (κ2) is 11.9. The van der Waals surface area contributed by atoms with Gasteiger partial charge < -0.3 is 19.7 Å². The van der Waals surface area contributed by atoms with Crippen LogP contribution in [0.2, 0.25) is 0 Å². The fraction of sp³-hybridized carbons (Fsp3) is 0.625. The van der Waals surface area contributed by atoms with Crippen molar-refractivity contribution in [1.29, 1.82) is 0 Å². The van der Waals surface area contributed by atoms with Gasteiger partial charge in [0.05, 0.1) is 18.9 Å². The van der Waals surface area contributed by atoms with Crippen LogP contribution in [0.15, 0.2) is 25.3 Å². The molecular weight excluding hydrogens is 396 g/mol. The van der Waals surface area contributed by atoms with E-state index in [0.717, 1.165) is 6.26 Å². The predicted octanol–water partition coefficient (Wildman–Crippen LogP) is 1.37. The first kappa shape index (κ1) is 23.3. The molecule has 1 aliphatic heterocycles. The maximum Gasteiger partial charge on any atom is 0.410 e. The number of hydrogen-bond donors (Lipinski definition) is 1. The van der Waals surface area contributed by atoms with Crippen molar-refractivity contribution in [3.05, 3.63) is 25.3 Å². The normalized spacial score (nSPS) is 19.4. The average molecular weight is 423 g/mol. The molecule has 0 aliphatic carbocycles. The van der Waals surface area contributed by atoms with E-state index in [1.54, 1.807) is 4.90 Å². The van der Waals surface area contributed by atoms with Crippen molar-refractivity contribution in [1.82, 2.24) is 10.2 Å². The Labute approximate surface area is 164 Å². The molecule has 1 rings (SSSR count). The Hall–Kier alpha value is -1.72. The van der Waals surface area contributed by atoms with E-state index in [9.17, 15) is 18.0 Å². The van der Waals surface area contributed by atoms with Gasteiger partial charge in [0.2, 0.25) is 0 Å². The molecule has 27 heavy (non-hydrogen) atoms. The minimum atomic E-state index is -3.47. The molecule has 1 N–H and O–H groups in total. The molecule has 0 saturated carbocycles. The number of likely N-dealkylation sites (tertiary alicyclic amines) is 1. The smallest absolute Gasteiger partial charge is 0.410 e. The molecule has 2 unspecified atom stereocenters. The Bertz CT molecular complexity index is 624. The third-order valence-electron chi connectivity index (χ3n) is 3.48. The molecule has 154 valence electrons. The Balaban J connectivity index is 2.55. The lowest BCUT2D eigenvalue weighted by atomic mass is 10.2. The zero-order valence-corrected chi connectivity index (χ0v) is 16.9. The molecule has 0 spiro atoms. The third-order valence-corrected chi connectivity index (χ3v) is 5.29. The number of carbonyl (C=O) groups excluding carboxylic acids is 2. The molecular formula is C16H26N2O7S2. The summed E-state index contributed by atoms with van der Waals surface area (Å²) in [7, 11) is -3.47.